The molecule has 3 N–H and O–H groups in total. The Balaban J connectivity index is 2.50. The van der Waals surface area contributed by atoms with Crippen molar-refractivity contribution in [1.82, 2.24) is 0 Å². The first kappa shape index (κ1) is 10.6. The van der Waals surface area contributed by atoms with Gasteiger partial charge in [0.1, 0.15) is 6.54 Å². The van der Waals surface area contributed by atoms with E-state index in [1.165, 1.54) is 12.1 Å². The van der Waals surface area contributed by atoms with Gasteiger partial charge in [-0.2, -0.15) is 0 Å². The minimum atomic E-state index is -2.40. The quantitative estimate of drug-likeness (QED) is 0.629. The first-order valence-electron chi connectivity index (χ1n) is 4.54. The van der Waals surface area contributed by atoms with E-state index in [4.69, 9.17) is 5.73 Å². The van der Waals surface area contributed by atoms with Crippen molar-refractivity contribution in [2.45, 2.75) is 5.97 Å². The first-order valence-corrected chi connectivity index (χ1v) is 4.54. The summed E-state index contributed by atoms with van der Waals surface area (Å²) in [6.07, 6.45) is 0. The van der Waals surface area contributed by atoms with E-state index in [-0.39, 0.29) is 11.1 Å². The van der Waals surface area contributed by atoms with E-state index in [9.17, 15) is 14.7 Å². The van der Waals surface area contributed by atoms with E-state index in [0.717, 1.165) is 0 Å². The van der Waals surface area contributed by atoms with Gasteiger partial charge < -0.3 is 20.3 Å². The minimum Gasteiger partial charge on any atom is -0.393 e. The molecule has 0 amide bonds. The topological polar surface area (TPSA) is 98.9 Å². The summed E-state index contributed by atoms with van der Waals surface area (Å²) in [6.45, 7) is -0.529. The second-order valence-corrected chi connectivity index (χ2v) is 3.24. The smallest absolute Gasteiger partial charge is 0.386 e. The summed E-state index contributed by atoms with van der Waals surface area (Å²) in [6, 6.07) is 5.95. The number of ether oxygens (including phenoxy) is 2. The molecule has 6 heteroatoms. The number of fused-ring (bicyclic) bond motifs is 1. The van der Waals surface area contributed by atoms with Crippen LogP contribution in [0, 0.1) is 0 Å². The number of aliphatic hydroxyl groups is 1. The summed E-state index contributed by atoms with van der Waals surface area (Å²) in [5.41, 5.74) is 5.24. The van der Waals surface area contributed by atoms with E-state index in [0.29, 0.717) is 0 Å². The fourth-order valence-electron chi connectivity index (χ4n) is 1.34. The molecule has 6 nitrogen and oxygen atoms in total. The Kier molecular flexibility index (Phi) is 2.37. The Labute approximate surface area is 90.6 Å². The fraction of sp³-hybridized carbons (Fsp3) is 0.200. The number of carbonyl (C=O) groups is 2. The highest BCUT2D eigenvalue weighted by atomic mass is 16.8. The van der Waals surface area contributed by atoms with Crippen LogP contribution in [0.4, 0.5) is 0 Å². The van der Waals surface area contributed by atoms with Crippen molar-refractivity contribution < 1.29 is 24.2 Å². The summed E-state index contributed by atoms with van der Waals surface area (Å²) in [7, 11) is 0. The molecule has 0 unspecified atom stereocenters. The largest absolute Gasteiger partial charge is 0.393 e. The lowest BCUT2D eigenvalue weighted by atomic mass is 10.1. The number of benzene rings is 1. The van der Waals surface area contributed by atoms with E-state index >= 15 is 0 Å². The summed E-state index contributed by atoms with van der Waals surface area (Å²) in [4.78, 5) is 23.1. The van der Waals surface area contributed by atoms with Gasteiger partial charge in [0.25, 0.3) is 0 Å². The lowest BCUT2D eigenvalue weighted by molar-refractivity contribution is -0.294. The molecular weight excluding hydrogens is 214 g/mol. The lowest BCUT2D eigenvalue weighted by Crippen LogP contribution is -2.44. The van der Waals surface area contributed by atoms with E-state index in [2.05, 4.69) is 9.47 Å². The molecule has 0 saturated carbocycles. The third kappa shape index (κ3) is 1.64. The molecule has 1 aliphatic heterocycles. The predicted molar refractivity (Wildman–Crippen MR) is 51.3 cm³/mol. The maximum absolute atomic E-state index is 11.6. The maximum atomic E-state index is 11.6. The van der Waals surface area contributed by atoms with Crippen LogP contribution in [0.5, 0.6) is 0 Å². The summed E-state index contributed by atoms with van der Waals surface area (Å²) in [5.74, 6) is -4.10. The lowest BCUT2D eigenvalue weighted by Gasteiger charge is -2.22. The Morgan fingerprint density at radius 2 is 1.56 bits per heavy atom. The zero-order chi connectivity index (χ0) is 11.8. The van der Waals surface area contributed by atoms with Gasteiger partial charge in [0.15, 0.2) is 0 Å². The highest BCUT2D eigenvalue weighted by molar-refractivity contribution is 6.04. The SMILES string of the molecule is NCC1(O)OC(=O)c2ccccc2C(=O)O1. The van der Waals surface area contributed by atoms with Crippen molar-refractivity contribution in [3.05, 3.63) is 35.4 Å². The van der Waals surface area contributed by atoms with Crippen LogP contribution in [0.25, 0.3) is 0 Å². The summed E-state index contributed by atoms with van der Waals surface area (Å²) < 4.78 is 9.19. The van der Waals surface area contributed by atoms with Crippen LogP contribution in [-0.2, 0) is 9.47 Å². The molecule has 0 saturated heterocycles. The fourth-order valence-corrected chi connectivity index (χ4v) is 1.34. The van der Waals surface area contributed by atoms with Crippen molar-refractivity contribution in [2.75, 3.05) is 6.54 Å². The van der Waals surface area contributed by atoms with Gasteiger partial charge in [-0.15, -0.1) is 0 Å². The van der Waals surface area contributed by atoms with Crippen LogP contribution in [-0.4, -0.2) is 29.6 Å². The van der Waals surface area contributed by atoms with Crippen LogP contribution in [0.15, 0.2) is 24.3 Å². The van der Waals surface area contributed by atoms with Gasteiger partial charge in [-0.3, -0.25) is 0 Å². The Hall–Kier alpha value is -1.92. The average molecular weight is 223 g/mol. The maximum Gasteiger partial charge on any atom is 0.386 e. The molecule has 0 aliphatic carbocycles. The van der Waals surface area contributed by atoms with Crippen LogP contribution in [0.3, 0.4) is 0 Å². The highest BCUT2D eigenvalue weighted by Gasteiger charge is 2.40. The Morgan fingerprint density at radius 3 is 1.94 bits per heavy atom. The van der Waals surface area contributed by atoms with Gasteiger partial charge in [0, 0.05) is 0 Å². The number of hydrogen-bond donors (Lipinski definition) is 2. The van der Waals surface area contributed by atoms with Crippen molar-refractivity contribution in [1.29, 1.82) is 0 Å². The minimum absolute atomic E-state index is 0.0388. The molecule has 1 aliphatic rings. The van der Waals surface area contributed by atoms with Crippen LogP contribution in [0.1, 0.15) is 20.7 Å². The molecule has 1 heterocycles. The van der Waals surface area contributed by atoms with Gasteiger partial charge in [-0.25, -0.2) is 9.59 Å². The van der Waals surface area contributed by atoms with Gasteiger partial charge >= 0.3 is 17.9 Å². The molecule has 0 bridgehead atoms. The Morgan fingerprint density at radius 1 is 1.12 bits per heavy atom. The van der Waals surface area contributed by atoms with Crippen LogP contribution in [0.2, 0.25) is 0 Å². The number of nitrogens with two attached hydrogens (primary N) is 1. The number of cyclic esters (lactones) is 2. The normalized spacial score (nSPS) is 18.1. The highest BCUT2D eigenvalue weighted by Crippen LogP contribution is 2.22. The van der Waals surface area contributed by atoms with Crippen molar-refractivity contribution in [3.63, 3.8) is 0 Å². The van der Waals surface area contributed by atoms with E-state index in [1.54, 1.807) is 12.1 Å². The van der Waals surface area contributed by atoms with Crippen molar-refractivity contribution >= 4 is 11.9 Å². The molecule has 0 aromatic heterocycles. The molecule has 0 radical (unpaired) electrons. The van der Waals surface area contributed by atoms with Gasteiger partial charge in [0.05, 0.1) is 11.1 Å². The first-order chi connectivity index (χ1) is 7.56. The summed E-state index contributed by atoms with van der Waals surface area (Å²) in [5, 5.41) is 9.56. The number of esters is 2. The standard InChI is InChI=1S/C10H9NO5/c11-5-10(14)15-8(12)6-3-1-2-4-7(6)9(13)16-10/h1-4,14H,5,11H2. The van der Waals surface area contributed by atoms with Gasteiger partial charge in [0.2, 0.25) is 0 Å². The van der Waals surface area contributed by atoms with Crippen molar-refractivity contribution in [2.24, 2.45) is 5.73 Å². The predicted octanol–water partition coefficient (Wildman–Crippen LogP) is -0.381. The average Bonchev–Trinajstić information content (AvgIpc) is 2.37. The van der Waals surface area contributed by atoms with Crippen molar-refractivity contribution in [3.8, 4) is 0 Å². The zero-order valence-corrected chi connectivity index (χ0v) is 8.17. The zero-order valence-electron chi connectivity index (χ0n) is 8.17. The molecule has 1 aromatic rings. The van der Waals surface area contributed by atoms with Gasteiger partial charge in [-0.1, -0.05) is 12.1 Å². The second-order valence-electron chi connectivity index (χ2n) is 3.24. The number of carbonyl (C=O) groups excluding carboxylic acids is 2. The van der Waals surface area contributed by atoms with E-state index in [1.807, 2.05) is 0 Å². The molecule has 84 valence electrons. The van der Waals surface area contributed by atoms with Crippen LogP contribution < -0.4 is 5.73 Å². The third-order valence-electron chi connectivity index (χ3n) is 2.13. The number of rotatable bonds is 1. The van der Waals surface area contributed by atoms with Gasteiger partial charge in [-0.05, 0) is 12.1 Å². The van der Waals surface area contributed by atoms with E-state index < -0.39 is 24.5 Å². The monoisotopic (exact) mass is 223 g/mol. The molecule has 0 spiro atoms. The Bertz CT molecular complexity index is 419. The molecular formula is C10H9NO5. The molecule has 16 heavy (non-hydrogen) atoms. The summed E-state index contributed by atoms with van der Waals surface area (Å²) >= 11 is 0. The van der Waals surface area contributed by atoms with Crippen LogP contribution >= 0.6 is 0 Å². The molecule has 0 atom stereocenters. The third-order valence-corrected chi connectivity index (χ3v) is 2.13. The second kappa shape index (κ2) is 3.58. The molecule has 2 rings (SSSR count). The molecule has 1 aromatic carbocycles. The number of hydrogen-bond acceptors (Lipinski definition) is 6. The molecule has 0 fully saturated rings.